The Kier molecular flexibility index (Phi) is 3.08. The van der Waals surface area contributed by atoms with Gasteiger partial charge in [0.15, 0.2) is 17.7 Å². The summed E-state index contributed by atoms with van der Waals surface area (Å²) in [5.74, 6) is 0.134. The van der Waals surface area contributed by atoms with Gasteiger partial charge < -0.3 is 20.7 Å². The summed E-state index contributed by atoms with van der Waals surface area (Å²) < 4.78 is 6.65. The monoisotopic (exact) mass is 279 g/mol. The van der Waals surface area contributed by atoms with Crippen molar-refractivity contribution < 1.29 is 14.9 Å². The van der Waals surface area contributed by atoms with E-state index in [0.717, 1.165) is 6.20 Å². The Morgan fingerprint density at radius 1 is 1.45 bits per heavy atom. The second-order valence-electron chi connectivity index (χ2n) is 4.53. The Labute approximate surface area is 112 Å². The van der Waals surface area contributed by atoms with Crippen LogP contribution in [0.1, 0.15) is 12.6 Å². The molecule has 0 radical (unpaired) electrons. The molecule has 2 aromatic rings. The lowest BCUT2D eigenvalue weighted by molar-refractivity contribution is -0.0502. The van der Waals surface area contributed by atoms with Gasteiger partial charge in [-0.1, -0.05) is 0 Å². The van der Waals surface area contributed by atoms with Crippen molar-refractivity contribution in [3.05, 3.63) is 22.9 Å². The van der Waals surface area contributed by atoms with Crippen molar-refractivity contribution in [2.24, 2.45) is 0 Å². The van der Waals surface area contributed by atoms with Crippen LogP contribution in [-0.4, -0.2) is 48.5 Å². The number of ether oxygens (including phenoxy) is 1. The summed E-state index contributed by atoms with van der Waals surface area (Å²) in [7, 11) is 0. The second-order valence-corrected chi connectivity index (χ2v) is 4.53. The molecule has 0 bridgehead atoms. The number of nitrogen functional groups attached to an aromatic ring is 1. The van der Waals surface area contributed by atoms with Crippen molar-refractivity contribution in [3.63, 3.8) is 0 Å². The molecule has 20 heavy (non-hydrogen) atoms. The molecule has 1 aliphatic heterocycles. The van der Waals surface area contributed by atoms with E-state index in [1.165, 1.54) is 10.9 Å². The first kappa shape index (κ1) is 12.9. The summed E-state index contributed by atoms with van der Waals surface area (Å²) in [6, 6.07) is 0. The first-order valence-corrected chi connectivity index (χ1v) is 6.04. The Morgan fingerprint density at radius 2 is 2.25 bits per heavy atom. The van der Waals surface area contributed by atoms with Gasteiger partial charge in [-0.25, -0.2) is 15.0 Å². The fourth-order valence-electron chi connectivity index (χ4n) is 2.29. The first-order chi connectivity index (χ1) is 9.61. The Morgan fingerprint density at radius 3 is 2.95 bits per heavy atom. The molecular weight excluding hydrogens is 266 g/mol. The van der Waals surface area contributed by atoms with Crippen molar-refractivity contribution in [2.75, 3.05) is 12.3 Å². The van der Waals surface area contributed by atoms with E-state index in [0.29, 0.717) is 0 Å². The van der Waals surface area contributed by atoms with Gasteiger partial charge >= 0.3 is 0 Å². The van der Waals surface area contributed by atoms with Crippen LogP contribution in [0.4, 0.5) is 5.82 Å². The van der Waals surface area contributed by atoms with Crippen molar-refractivity contribution in [1.29, 1.82) is 0 Å². The molecule has 0 saturated carbocycles. The highest BCUT2D eigenvalue weighted by molar-refractivity contribution is 5.80. The number of aliphatic hydroxyl groups is 2. The third kappa shape index (κ3) is 1.92. The quantitative estimate of drug-likeness (QED) is 0.598. The first-order valence-electron chi connectivity index (χ1n) is 6.04. The van der Waals surface area contributed by atoms with Gasteiger partial charge in [-0.2, -0.15) is 0 Å². The normalized spacial score (nSPS) is 26.2. The number of aromatic nitrogens is 4. The summed E-state index contributed by atoms with van der Waals surface area (Å²) in [6.07, 6.45) is 0.137. The SMILES string of the molecule is Nc1ncnc2c1ncc(=O)n2C1OC(CO)CC1O. The fourth-order valence-corrected chi connectivity index (χ4v) is 2.29. The smallest absolute Gasteiger partial charge is 0.272 e. The van der Waals surface area contributed by atoms with Crippen LogP contribution < -0.4 is 11.3 Å². The van der Waals surface area contributed by atoms with Gasteiger partial charge in [-0.05, 0) is 0 Å². The molecule has 1 saturated heterocycles. The maximum absolute atomic E-state index is 12.0. The molecule has 0 spiro atoms. The van der Waals surface area contributed by atoms with Gasteiger partial charge in [-0.3, -0.25) is 9.36 Å². The zero-order valence-electron chi connectivity index (χ0n) is 10.4. The van der Waals surface area contributed by atoms with E-state index in [1.54, 1.807) is 0 Å². The molecule has 0 aromatic carbocycles. The highest BCUT2D eigenvalue weighted by Crippen LogP contribution is 2.29. The van der Waals surface area contributed by atoms with E-state index >= 15 is 0 Å². The minimum absolute atomic E-state index is 0.134. The molecule has 0 aliphatic carbocycles. The van der Waals surface area contributed by atoms with Crippen LogP contribution in [0.15, 0.2) is 17.3 Å². The van der Waals surface area contributed by atoms with Gasteiger partial charge in [0, 0.05) is 6.42 Å². The van der Waals surface area contributed by atoms with Gasteiger partial charge in [0.1, 0.15) is 17.9 Å². The van der Waals surface area contributed by atoms with Gasteiger partial charge in [0.05, 0.1) is 18.9 Å². The summed E-state index contributed by atoms with van der Waals surface area (Å²) in [6.45, 7) is -0.234. The number of hydrogen-bond acceptors (Lipinski definition) is 8. The second kappa shape index (κ2) is 4.78. The molecule has 3 rings (SSSR count). The van der Waals surface area contributed by atoms with E-state index in [-0.39, 0.29) is 30.0 Å². The number of rotatable bonds is 2. The molecule has 106 valence electrons. The third-order valence-electron chi connectivity index (χ3n) is 3.22. The summed E-state index contributed by atoms with van der Waals surface area (Å²) in [5, 5.41) is 19.1. The van der Waals surface area contributed by atoms with E-state index in [1.807, 2.05) is 0 Å². The average molecular weight is 279 g/mol. The lowest BCUT2D eigenvalue weighted by atomic mass is 10.2. The number of anilines is 1. The lowest BCUT2D eigenvalue weighted by Gasteiger charge is -2.18. The van der Waals surface area contributed by atoms with E-state index in [9.17, 15) is 9.90 Å². The minimum Gasteiger partial charge on any atom is -0.394 e. The van der Waals surface area contributed by atoms with Crippen LogP contribution in [-0.2, 0) is 4.74 Å². The van der Waals surface area contributed by atoms with Crippen molar-refractivity contribution >= 4 is 17.0 Å². The van der Waals surface area contributed by atoms with Crippen molar-refractivity contribution in [1.82, 2.24) is 19.5 Å². The minimum atomic E-state index is -0.931. The number of aliphatic hydroxyl groups excluding tert-OH is 2. The molecule has 9 nitrogen and oxygen atoms in total. The standard InChI is InChI=1S/C11H13N5O4/c12-9-8-10(15-4-14-9)16(7(19)2-13-8)11-6(18)1-5(3-17)20-11/h2,4-6,11,17-18H,1,3H2,(H2,12,14,15). The molecule has 3 atom stereocenters. The van der Waals surface area contributed by atoms with Crippen LogP contribution in [0.5, 0.6) is 0 Å². The topological polar surface area (TPSA) is 136 Å². The molecule has 1 fully saturated rings. The zero-order valence-corrected chi connectivity index (χ0v) is 10.4. The molecular formula is C11H13N5O4. The van der Waals surface area contributed by atoms with Crippen molar-refractivity contribution in [3.8, 4) is 0 Å². The van der Waals surface area contributed by atoms with Crippen LogP contribution in [0.2, 0.25) is 0 Å². The van der Waals surface area contributed by atoms with Crippen LogP contribution in [0.3, 0.4) is 0 Å². The Bertz CT molecular complexity index is 703. The van der Waals surface area contributed by atoms with Crippen LogP contribution in [0.25, 0.3) is 11.2 Å². The van der Waals surface area contributed by atoms with Gasteiger partial charge in [0.25, 0.3) is 5.56 Å². The van der Waals surface area contributed by atoms with E-state index < -0.39 is 24.0 Å². The largest absolute Gasteiger partial charge is 0.394 e. The number of fused-ring (bicyclic) bond motifs is 1. The number of hydrogen-bond donors (Lipinski definition) is 3. The maximum Gasteiger partial charge on any atom is 0.272 e. The molecule has 3 unspecified atom stereocenters. The predicted octanol–water partition coefficient (Wildman–Crippen LogP) is -1.59. The molecule has 0 amide bonds. The number of nitrogens with two attached hydrogens (primary N) is 1. The Balaban J connectivity index is 2.18. The number of nitrogens with zero attached hydrogens (tertiary/aromatic N) is 4. The highest BCUT2D eigenvalue weighted by Gasteiger charge is 2.36. The van der Waals surface area contributed by atoms with Crippen LogP contribution >= 0.6 is 0 Å². The summed E-state index contributed by atoms with van der Waals surface area (Å²) >= 11 is 0. The van der Waals surface area contributed by atoms with Gasteiger partial charge in [0.2, 0.25) is 0 Å². The third-order valence-corrected chi connectivity index (χ3v) is 3.22. The molecule has 9 heteroatoms. The Hall–Kier alpha value is -2.10. The van der Waals surface area contributed by atoms with E-state index in [2.05, 4.69) is 15.0 Å². The fraction of sp³-hybridized carbons (Fsp3) is 0.455. The maximum atomic E-state index is 12.0. The highest BCUT2D eigenvalue weighted by atomic mass is 16.5. The lowest BCUT2D eigenvalue weighted by Crippen LogP contribution is -2.31. The molecule has 4 N–H and O–H groups in total. The predicted molar refractivity (Wildman–Crippen MR) is 67.6 cm³/mol. The summed E-state index contributed by atoms with van der Waals surface area (Å²) in [5.41, 5.74) is 5.66. The average Bonchev–Trinajstić information content (AvgIpc) is 2.80. The molecule has 3 heterocycles. The molecule has 2 aromatic heterocycles. The van der Waals surface area contributed by atoms with Crippen LogP contribution in [0, 0.1) is 0 Å². The molecule has 1 aliphatic rings. The van der Waals surface area contributed by atoms with Gasteiger partial charge in [-0.15, -0.1) is 0 Å². The van der Waals surface area contributed by atoms with E-state index in [4.69, 9.17) is 15.6 Å². The van der Waals surface area contributed by atoms with Crippen molar-refractivity contribution in [2.45, 2.75) is 24.9 Å². The summed E-state index contributed by atoms with van der Waals surface area (Å²) in [4.78, 5) is 23.7. The zero-order chi connectivity index (χ0) is 14.3.